The van der Waals surface area contributed by atoms with E-state index in [4.69, 9.17) is 10.5 Å². The molecule has 0 aliphatic carbocycles. The van der Waals surface area contributed by atoms with E-state index in [1.54, 1.807) is 6.07 Å². The van der Waals surface area contributed by atoms with Gasteiger partial charge < -0.3 is 25.6 Å². The number of benzene rings is 2. The number of hydrogen-bond donors (Lipinski definition) is 3. The molecule has 1 atom stereocenters. The zero-order chi connectivity index (χ0) is 19.9. The topological polar surface area (TPSA) is 89.1 Å². The van der Waals surface area contributed by atoms with E-state index >= 15 is 0 Å². The van der Waals surface area contributed by atoms with Crippen LogP contribution in [0.15, 0.2) is 53.5 Å². The number of halogens is 4. The SMILES string of the molecule is Cc1cccc(OCC(O)CN=C(N)Nc2ccc(OC(F)(F)F)cc2)c1.I. The minimum atomic E-state index is -4.74. The number of nitrogens with zero attached hydrogens (tertiary/aromatic N) is 1. The monoisotopic (exact) mass is 511 g/mol. The molecule has 0 aromatic heterocycles. The number of alkyl halides is 3. The van der Waals surface area contributed by atoms with E-state index in [-0.39, 0.29) is 48.8 Å². The van der Waals surface area contributed by atoms with Crippen molar-refractivity contribution in [3.05, 3.63) is 54.1 Å². The van der Waals surface area contributed by atoms with Gasteiger partial charge in [0.05, 0.1) is 6.54 Å². The Balaban J connectivity index is 0.00000392. The Morgan fingerprint density at radius 3 is 2.46 bits per heavy atom. The minimum Gasteiger partial charge on any atom is -0.491 e. The molecule has 0 aliphatic heterocycles. The van der Waals surface area contributed by atoms with Gasteiger partial charge in [-0.15, -0.1) is 37.1 Å². The lowest BCUT2D eigenvalue weighted by Gasteiger charge is -2.12. The van der Waals surface area contributed by atoms with Gasteiger partial charge in [0.25, 0.3) is 0 Å². The molecule has 154 valence electrons. The summed E-state index contributed by atoms with van der Waals surface area (Å²) in [4.78, 5) is 3.97. The number of aliphatic imine (C=N–C) groups is 1. The summed E-state index contributed by atoms with van der Waals surface area (Å²) in [7, 11) is 0. The van der Waals surface area contributed by atoms with Gasteiger partial charge in [0.1, 0.15) is 24.2 Å². The van der Waals surface area contributed by atoms with Crippen molar-refractivity contribution >= 4 is 35.6 Å². The van der Waals surface area contributed by atoms with E-state index in [0.29, 0.717) is 11.4 Å². The van der Waals surface area contributed by atoms with Gasteiger partial charge in [-0.05, 0) is 48.9 Å². The predicted molar refractivity (Wildman–Crippen MR) is 111 cm³/mol. The van der Waals surface area contributed by atoms with Gasteiger partial charge in [-0.3, -0.25) is 4.99 Å². The Labute approximate surface area is 177 Å². The number of aryl methyl sites for hydroxylation is 1. The van der Waals surface area contributed by atoms with E-state index in [2.05, 4.69) is 15.0 Å². The molecule has 0 fully saturated rings. The minimum absolute atomic E-state index is 0. The number of ether oxygens (including phenoxy) is 2. The van der Waals surface area contributed by atoms with Crippen molar-refractivity contribution in [1.29, 1.82) is 0 Å². The fourth-order valence-electron chi connectivity index (χ4n) is 2.08. The molecule has 0 bridgehead atoms. The first kappa shape index (κ1) is 23.8. The lowest BCUT2D eigenvalue weighted by Crippen LogP contribution is -2.27. The first-order chi connectivity index (χ1) is 12.7. The molecule has 0 radical (unpaired) electrons. The van der Waals surface area contributed by atoms with Gasteiger partial charge in [-0.2, -0.15) is 0 Å². The Hall–Kier alpha value is -2.21. The molecule has 0 heterocycles. The Morgan fingerprint density at radius 1 is 1.18 bits per heavy atom. The van der Waals surface area contributed by atoms with Crippen LogP contribution in [0.4, 0.5) is 18.9 Å². The first-order valence-electron chi connectivity index (χ1n) is 8.01. The second-order valence-corrected chi connectivity index (χ2v) is 5.70. The molecule has 0 amide bonds. The lowest BCUT2D eigenvalue weighted by molar-refractivity contribution is -0.274. The molecule has 0 aliphatic rings. The molecular weight excluding hydrogens is 490 g/mol. The van der Waals surface area contributed by atoms with Crippen molar-refractivity contribution < 1.29 is 27.8 Å². The summed E-state index contributed by atoms with van der Waals surface area (Å²) in [6.45, 7) is 1.98. The number of aliphatic hydroxyl groups is 1. The van der Waals surface area contributed by atoms with Crippen molar-refractivity contribution in [2.24, 2.45) is 10.7 Å². The van der Waals surface area contributed by atoms with Crippen LogP contribution in [0.2, 0.25) is 0 Å². The molecule has 1 unspecified atom stereocenters. The maximum Gasteiger partial charge on any atom is 0.573 e. The normalized spacial score (nSPS) is 12.7. The third-order valence-electron chi connectivity index (χ3n) is 3.26. The van der Waals surface area contributed by atoms with Gasteiger partial charge in [0.15, 0.2) is 5.96 Å². The molecule has 2 aromatic carbocycles. The van der Waals surface area contributed by atoms with Crippen LogP contribution in [0.5, 0.6) is 11.5 Å². The summed E-state index contributed by atoms with van der Waals surface area (Å²) in [6, 6.07) is 12.4. The van der Waals surface area contributed by atoms with Gasteiger partial charge in [-0.25, -0.2) is 0 Å². The first-order valence-corrected chi connectivity index (χ1v) is 8.01. The summed E-state index contributed by atoms with van der Waals surface area (Å²) >= 11 is 0. The van der Waals surface area contributed by atoms with Crippen molar-refractivity contribution in [3.63, 3.8) is 0 Å². The molecule has 6 nitrogen and oxygen atoms in total. The third-order valence-corrected chi connectivity index (χ3v) is 3.26. The number of anilines is 1. The predicted octanol–water partition coefficient (Wildman–Crippen LogP) is 3.68. The Bertz CT molecular complexity index is 771. The van der Waals surface area contributed by atoms with Crippen LogP contribution < -0.4 is 20.5 Å². The van der Waals surface area contributed by atoms with Crippen molar-refractivity contribution in [2.45, 2.75) is 19.4 Å². The maximum absolute atomic E-state index is 12.1. The Kier molecular flexibility index (Phi) is 9.32. The molecule has 2 aromatic rings. The highest BCUT2D eigenvalue weighted by molar-refractivity contribution is 14.0. The van der Waals surface area contributed by atoms with Gasteiger partial charge in [0.2, 0.25) is 0 Å². The average molecular weight is 511 g/mol. The average Bonchev–Trinajstić information content (AvgIpc) is 2.59. The van der Waals surface area contributed by atoms with Crippen LogP contribution >= 0.6 is 24.0 Å². The van der Waals surface area contributed by atoms with Gasteiger partial charge >= 0.3 is 6.36 Å². The highest BCUT2D eigenvalue weighted by Gasteiger charge is 2.30. The largest absolute Gasteiger partial charge is 0.573 e. The molecule has 4 N–H and O–H groups in total. The van der Waals surface area contributed by atoms with E-state index in [9.17, 15) is 18.3 Å². The number of rotatable bonds is 7. The summed E-state index contributed by atoms with van der Waals surface area (Å²) in [5.74, 6) is 0.312. The lowest BCUT2D eigenvalue weighted by atomic mass is 10.2. The quantitative estimate of drug-likeness (QED) is 0.300. The van der Waals surface area contributed by atoms with E-state index in [1.807, 2.05) is 25.1 Å². The highest BCUT2D eigenvalue weighted by atomic mass is 127. The van der Waals surface area contributed by atoms with Crippen LogP contribution in [0.25, 0.3) is 0 Å². The molecule has 2 rings (SSSR count). The molecule has 10 heteroatoms. The number of nitrogens with one attached hydrogen (secondary N) is 1. The summed E-state index contributed by atoms with van der Waals surface area (Å²) in [5, 5.41) is 12.6. The third kappa shape index (κ3) is 9.13. The van der Waals surface area contributed by atoms with Crippen molar-refractivity contribution in [3.8, 4) is 11.5 Å². The van der Waals surface area contributed by atoms with E-state index < -0.39 is 12.5 Å². The van der Waals surface area contributed by atoms with Gasteiger partial charge in [0, 0.05) is 5.69 Å². The van der Waals surface area contributed by atoms with Crippen LogP contribution in [-0.2, 0) is 0 Å². The molecule has 0 spiro atoms. The second-order valence-electron chi connectivity index (χ2n) is 5.70. The fourth-order valence-corrected chi connectivity index (χ4v) is 2.08. The smallest absolute Gasteiger partial charge is 0.491 e. The fraction of sp³-hybridized carbons (Fsp3) is 0.278. The summed E-state index contributed by atoms with van der Waals surface area (Å²) in [5.41, 5.74) is 7.17. The molecule has 0 saturated carbocycles. The molecule has 28 heavy (non-hydrogen) atoms. The van der Waals surface area contributed by atoms with Gasteiger partial charge in [-0.1, -0.05) is 12.1 Å². The number of hydrogen-bond acceptors (Lipinski definition) is 4. The van der Waals surface area contributed by atoms with Crippen LogP contribution in [0, 0.1) is 6.92 Å². The zero-order valence-electron chi connectivity index (χ0n) is 14.9. The van der Waals surface area contributed by atoms with E-state index in [0.717, 1.165) is 17.7 Å². The second kappa shape index (κ2) is 11.0. The summed E-state index contributed by atoms with van der Waals surface area (Å²) in [6.07, 6.45) is -5.61. The van der Waals surface area contributed by atoms with Crippen LogP contribution in [0.1, 0.15) is 5.56 Å². The van der Waals surface area contributed by atoms with Crippen LogP contribution in [0.3, 0.4) is 0 Å². The zero-order valence-corrected chi connectivity index (χ0v) is 17.3. The highest BCUT2D eigenvalue weighted by Crippen LogP contribution is 2.23. The van der Waals surface area contributed by atoms with Crippen molar-refractivity contribution in [2.75, 3.05) is 18.5 Å². The summed E-state index contributed by atoms with van der Waals surface area (Å²) < 4.78 is 45.6. The van der Waals surface area contributed by atoms with Crippen LogP contribution in [-0.4, -0.2) is 36.7 Å². The van der Waals surface area contributed by atoms with E-state index in [1.165, 1.54) is 12.1 Å². The molecular formula is C18H21F3IN3O3. The standard InChI is InChI=1S/C18H20F3N3O3.HI/c1-12-3-2-4-16(9-12)26-11-14(25)10-23-17(22)24-13-5-7-15(8-6-13)27-18(19,20)21;/h2-9,14,25H,10-11H2,1H3,(H3,22,23,24);1H. The molecule has 0 saturated heterocycles. The van der Waals surface area contributed by atoms with Crippen molar-refractivity contribution in [1.82, 2.24) is 0 Å². The Morgan fingerprint density at radius 2 is 1.86 bits per heavy atom. The number of guanidine groups is 1. The number of nitrogens with two attached hydrogens (primary N) is 1. The number of aliphatic hydroxyl groups excluding tert-OH is 1. The maximum atomic E-state index is 12.1.